The number of carboxylic acid groups (broad SMARTS) is 1. The van der Waals surface area contributed by atoms with Crippen molar-refractivity contribution in [2.45, 2.75) is 6.54 Å². The van der Waals surface area contributed by atoms with Crippen molar-refractivity contribution in [3.05, 3.63) is 78.1 Å². The number of aromatic carboxylic acids is 1. The summed E-state index contributed by atoms with van der Waals surface area (Å²) in [5.74, 6) is -0.236. The van der Waals surface area contributed by atoms with Crippen LogP contribution in [0.15, 0.2) is 67.0 Å². The summed E-state index contributed by atoms with van der Waals surface area (Å²) >= 11 is 0. The number of nitrogens with one attached hydrogen (secondary N) is 1. The van der Waals surface area contributed by atoms with Gasteiger partial charge in [-0.25, -0.2) is 14.8 Å². The van der Waals surface area contributed by atoms with Crippen LogP contribution in [0.25, 0.3) is 11.3 Å². The topological polar surface area (TPSA) is 75.1 Å². The van der Waals surface area contributed by atoms with Crippen LogP contribution in [0.5, 0.6) is 0 Å². The Labute approximate surface area is 133 Å². The van der Waals surface area contributed by atoms with Crippen molar-refractivity contribution in [1.82, 2.24) is 9.97 Å². The van der Waals surface area contributed by atoms with Crippen LogP contribution in [0.1, 0.15) is 15.9 Å². The summed E-state index contributed by atoms with van der Waals surface area (Å²) < 4.78 is 0. The number of carbonyl (C=O) groups is 1. The first-order valence-corrected chi connectivity index (χ1v) is 7.16. The first-order chi connectivity index (χ1) is 11.2. The number of nitrogens with zero attached hydrogens (tertiary/aromatic N) is 2. The molecule has 23 heavy (non-hydrogen) atoms. The quantitative estimate of drug-likeness (QED) is 0.755. The highest BCUT2D eigenvalue weighted by Crippen LogP contribution is 2.18. The summed E-state index contributed by atoms with van der Waals surface area (Å²) in [5.41, 5.74) is 3.01. The van der Waals surface area contributed by atoms with Gasteiger partial charge in [-0.3, -0.25) is 0 Å². The van der Waals surface area contributed by atoms with Gasteiger partial charge in [-0.05, 0) is 17.7 Å². The van der Waals surface area contributed by atoms with E-state index in [9.17, 15) is 4.79 Å². The van der Waals surface area contributed by atoms with Gasteiger partial charge in [-0.2, -0.15) is 0 Å². The van der Waals surface area contributed by atoms with Gasteiger partial charge in [0.1, 0.15) is 12.1 Å². The van der Waals surface area contributed by atoms with Crippen molar-refractivity contribution in [1.29, 1.82) is 0 Å². The minimum absolute atomic E-state index is 0.275. The number of hydrogen-bond donors (Lipinski definition) is 2. The molecule has 3 rings (SSSR count). The molecule has 1 aromatic heterocycles. The van der Waals surface area contributed by atoms with Crippen LogP contribution in [0, 0.1) is 0 Å². The molecule has 0 amide bonds. The number of carboxylic acids is 1. The third-order valence-electron chi connectivity index (χ3n) is 3.38. The molecule has 0 atom stereocenters. The molecule has 0 unspecified atom stereocenters. The number of aromatic nitrogens is 2. The lowest BCUT2D eigenvalue weighted by atomic mass is 10.1. The Balaban J connectivity index is 1.74. The van der Waals surface area contributed by atoms with Crippen LogP contribution in [0.3, 0.4) is 0 Å². The first kappa shape index (κ1) is 14.7. The molecule has 5 heteroatoms. The van der Waals surface area contributed by atoms with Crippen LogP contribution in [0.4, 0.5) is 5.82 Å². The maximum Gasteiger partial charge on any atom is 0.335 e. The summed E-state index contributed by atoms with van der Waals surface area (Å²) in [5, 5.41) is 12.2. The highest BCUT2D eigenvalue weighted by Gasteiger charge is 2.04. The van der Waals surface area contributed by atoms with Crippen LogP contribution >= 0.6 is 0 Å². The van der Waals surface area contributed by atoms with E-state index in [1.54, 1.807) is 18.2 Å². The molecule has 2 aromatic carbocycles. The molecule has 0 aliphatic heterocycles. The van der Waals surface area contributed by atoms with Crippen molar-refractivity contribution in [2.24, 2.45) is 0 Å². The zero-order valence-corrected chi connectivity index (χ0v) is 12.3. The van der Waals surface area contributed by atoms with E-state index >= 15 is 0 Å². The summed E-state index contributed by atoms with van der Waals surface area (Å²) in [6, 6.07) is 18.6. The van der Waals surface area contributed by atoms with Gasteiger partial charge in [0.25, 0.3) is 0 Å². The Morgan fingerprint density at radius 3 is 2.61 bits per heavy atom. The second-order valence-corrected chi connectivity index (χ2v) is 5.01. The van der Waals surface area contributed by atoms with E-state index in [2.05, 4.69) is 15.3 Å². The normalized spacial score (nSPS) is 10.3. The van der Waals surface area contributed by atoms with Gasteiger partial charge in [0.05, 0.1) is 11.3 Å². The molecule has 0 saturated carbocycles. The van der Waals surface area contributed by atoms with Gasteiger partial charge in [0, 0.05) is 18.2 Å². The van der Waals surface area contributed by atoms with Crippen LogP contribution in [-0.4, -0.2) is 21.0 Å². The van der Waals surface area contributed by atoms with Crippen molar-refractivity contribution < 1.29 is 9.90 Å². The lowest BCUT2D eigenvalue weighted by molar-refractivity contribution is 0.0697. The predicted molar refractivity (Wildman–Crippen MR) is 88.2 cm³/mol. The average Bonchev–Trinajstić information content (AvgIpc) is 2.61. The molecule has 3 aromatic rings. The van der Waals surface area contributed by atoms with Gasteiger partial charge in [0.15, 0.2) is 0 Å². The molecule has 0 aliphatic rings. The molecular formula is C18H15N3O2. The van der Waals surface area contributed by atoms with Gasteiger partial charge in [-0.15, -0.1) is 0 Å². The standard InChI is InChI=1S/C18H15N3O2/c22-18(23)15-8-4-5-13(9-15)11-19-17-10-16(20-12-21-17)14-6-2-1-3-7-14/h1-10,12H,11H2,(H,22,23)(H,19,20,21). The zero-order chi connectivity index (χ0) is 16.1. The van der Waals surface area contributed by atoms with E-state index in [0.29, 0.717) is 12.4 Å². The van der Waals surface area contributed by atoms with E-state index in [4.69, 9.17) is 5.11 Å². The smallest absolute Gasteiger partial charge is 0.335 e. The first-order valence-electron chi connectivity index (χ1n) is 7.16. The van der Waals surface area contributed by atoms with Crippen LogP contribution < -0.4 is 5.32 Å². The van der Waals surface area contributed by atoms with Crippen molar-refractivity contribution in [2.75, 3.05) is 5.32 Å². The van der Waals surface area contributed by atoms with E-state index in [1.165, 1.54) is 6.33 Å². The number of rotatable bonds is 5. The summed E-state index contributed by atoms with van der Waals surface area (Å²) in [6.07, 6.45) is 1.51. The Kier molecular flexibility index (Phi) is 4.29. The second-order valence-electron chi connectivity index (χ2n) is 5.01. The Hall–Kier alpha value is -3.21. The van der Waals surface area contributed by atoms with Crippen LogP contribution in [0.2, 0.25) is 0 Å². The fourth-order valence-corrected chi connectivity index (χ4v) is 2.23. The Morgan fingerprint density at radius 2 is 1.83 bits per heavy atom. The fraction of sp³-hybridized carbons (Fsp3) is 0.0556. The van der Waals surface area contributed by atoms with Crippen LogP contribution in [-0.2, 0) is 6.54 Å². The lowest BCUT2D eigenvalue weighted by Gasteiger charge is -2.08. The molecule has 1 heterocycles. The van der Waals surface area contributed by atoms with E-state index in [1.807, 2.05) is 42.5 Å². The lowest BCUT2D eigenvalue weighted by Crippen LogP contribution is -2.04. The summed E-state index contributed by atoms with van der Waals surface area (Å²) in [7, 11) is 0. The van der Waals surface area contributed by atoms with E-state index in [-0.39, 0.29) is 5.56 Å². The molecule has 0 aliphatic carbocycles. The van der Waals surface area contributed by atoms with Gasteiger partial charge < -0.3 is 10.4 Å². The predicted octanol–water partition coefficient (Wildman–Crippen LogP) is 3.45. The van der Waals surface area contributed by atoms with Gasteiger partial charge in [0.2, 0.25) is 0 Å². The summed E-state index contributed by atoms with van der Waals surface area (Å²) in [4.78, 5) is 19.5. The Morgan fingerprint density at radius 1 is 1.00 bits per heavy atom. The number of anilines is 1. The maximum atomic E-state index is 11.0. The highest BCUT2D eigenvalue weighted by atomic mass is 16.4. The monoisotopic (exact) mass is 305 g/mol. The van der Waals surface area contributed by atoms with Gasteiger partial charge >= 0.3 is 5.97 Å². The summed E-state index contributed by atoms with van der Waals surface area (Å²) in [6.45, 7) is 0.492. The molecule has 5 nitrogen and oxygen atoms in total. The largest absolute Gasteiger partial charge is 0.478 e. The molecule has 0 spiro atoms. The SMILES string of the molecule is O=C(O)c1cccc(CNc2cc(-c3ccccc3)ncn2)c1. The minimum atomic E-state index is -0.930. The molecule has 0 fully saturated rings. The third kappa shape index (κ3) is 3.71. The third-order valence-corrected chi connectivity index (χ3v) is 3.38. The van der Waals surface area contributed by atoms with E-state index < -0.39 is 5.97 Å². The van der Waals surface area contributed by atoms with E-state index in [0.717, 1.165) is 16.8 Å². The van der Waals surface area contributed by atoms with Crippen molar-refractivity contribution in [3.63, 3.8) is 0 Å². The average molecular weight is 305 g/mol. The van der Waals surface area contributed by atoms with Crippen molar-refractivity contribution in [3.8, 4) is 11.3 Å². The fourth-order valence-electron chi connectivity index (χ4n) is 2.23. The molecular weight excluding hydrogens is 290 g/mol. The molecule has 2 N–H and O–H groups in total. The van der Waals surface area contributed by atoms with Gasteiger partial charge in [-0.1, -0.05) is 42.5 Å². The highest BCUT2D eigenvalue weighted by molar-refractivity contribution is 5.87. The minimum Gasteiger partial charge on any atom is -0.478 e. The second kappa shape index (κ2) is 6.70. The number of benzene rings is 2. The maximum absolute atomic E-state index is 11.0. The molecule has 0 radical (unpaired) electrons. The molecule has 0 saturated heterocycles. The molecule has 114 valence electrons. The zero-order valence-electron chi connectivity index (χ0n) is 12.3. The Bertz CT molecular complexity index is 819. The number of hydrogen-bond acceptors (Lipinski definition) is 4. The molecule has 0 bridgehead atoms. The van der Waals surface area contributed by atoms with Crippen molar-refractivity contribution >= 4 is 11.8 Å².